The lowest BCUT2D eigenvalue weighted by Gasteiger charge is -2.30. The van der Waals surface area contributed by atoms with Crippen molar-refractivity contribution in [1.82, 2.24) is 4.90 Å². The van der Waals surface area contributed by atoms with E-state index in [-0.39, 0.29) is 13.2 Å². The first-order valence-corrected chi connectivity index (χ1v) is 4.35. The Kier molecular flexibility index (Phi) is 1.84. The van der Waals surface area contributed by atoms with E-state index in [1.54, 1.807) is 4.90 Å². The highest BCUT2D eigenvalue weighted by Crippen LogP contribution is 2.41. The van der Waals surface area contributed by atoms with E-state index in [2.05, 4.69) is 0 Å². The van der Waals surface area contributed by atoms with E-state index in [1.165, 1.54) is 0 Å². The molecule has 2 rings (SSSR count). The topological polar surface area (TPSA) is 23.5 Å². The van der Waals surface area contributed by atoms with E-state index in [0.29, 0.717) is 6.42 Å². The Balaban J connectivity index is 2.25. The molecule has 2 fully saturated rings. The minimum absolute atomic E-state index is 0.154. The zero-order valence-corrected chi connectivity index (χ0v) is 6.84. The summed E-state index contributed by atoms with van der Waals surface area (Å²) in [6.45, 7) is 0.623. The standard InChI is InChI=1S/C8H13F2NO/c9-6-4-11-3-1-2-8(11,5-12)7(6)10/h6-7,12H,1-5H2/t6-,7-,8+/m1/s1. The molecule has 3 atom stereocenters. The molecule has 0 aromatic heterocycles. The number of rotatable bonds is 1. The third-order valence-electron chi connectivity index (χ3n) is 3.17. The summed E-state index contributed by atoms with van der Waals surface area (Å²) in [5.41, 5.74) is -0.876. The fourth-order valence-electron chi connectivity index (χ4n) is 2.45. The smallest absolute Gasteiger partial charge is 0.153 e. The third kappa shape index (κ3) is 0.850. The van der Waals surface area contributed by atoms with Gasteiger partial charge in [0, 0.05) is 6.54 Å². The van der Waals surface area contributed by atoms with Crippen molar-refractivity contribution < 1.29 is 13.9 Å². The number of aliphatic hydroxyl groups excluding tert-OH is 1. The van der Waals surface area contributed by atoms with Gasteiger partial charge in [0.1, 0.15) is 6.17 Å². The highest BCUT2D eigenvalue weighted by molar-refractivity contribution is 5.09. The predicted molar refractivity (Wildman–Crippen MR) is 40.4 cm³/mol. The summed E-state index contributed by atoms with van der Waals surface area (Å²) in [4.78, 5) is 1.75. The Hall–Kier alpha value is -0.220. The zero-order chi connectivity index (χ0) is 8.77. The second kappa shape index (κ2) is 2.64. The lowest BCUT2D eigenvalue weighted by Crippen LogP contribution is -2.48. The van der Waals surface area contributed by atoms with Gasteiger partial charge in [-0.1, -0.05) is 0 Å². The van der Waals surface area contributed by atoms with Crippen LogP contribution in [0.3, 0.4) is 0 Å². The monoisotopic (exact) mass is 177 g/mol. The molecule has 0 aromatic carbocycles. The van der Waals surface area contributed by atoms with Crippen molar-refractivity contribution in [2.24, 2.45) is 0 Å². The summed E-state index contributed by atoms with van der Waals surface area (Å²) < 4.78 is 26.3. The molecule has 0 bridgehead atoms. The van der Waals surface area contributed by atoms with Gasteiger partial charge in [-0.15, -0.1) is 0 Å². The third-order valence-corrected chi connectivity index (χ3v) is 3.17. The quantitative estimate of drug-likeness (QED) is 0.630. The molecule has 2 aliphatic heterocycles. The van der Waals surface area contributed by atoms with Crippen molar-refractivity contribution in [3.05, 3.63) is 0 Å². The van der Waals surface area contributed by atoms with Crippen molar-refractivity contribution >= 4 is 0 Å². The first-order valence-electron chi connectivity index (χ1n) is 4.35. The molecule has 2 nitrogen and oxygen atoms in total. The van der Waals surface area contributed by atoms with E-state index < -0.39 is 17.9 Å². The maximum atomic E-state index is 13.4. The first-order chi connectivity index (χ1) is 5.70. The van der Waals surface area contributed by atoms with Gasteiger partial charge < -0.3 is 5.11 Å². The molecular formula is C8H13F2NO. The van der Waals surface area contributed by atoms with Crippen LogP contribution in [0.4, 0.5) is 8.78 Å². The normalized spacial score (nSPS) is 48.2. The van der Waals surface area contributed by atoms with Crippen LogP contribution in [0.1, 0.15) is 12.8 Å². The average molecular weight is 177 g/mol. The molecule has 0 saturated carbocycles. The molecule has 0 unspecified atom stereocenters. The van der Waals surface area contributed by atoms with E-state index in [1.807, 2.05) is 0 Å². The molecule has 0 aromatic rings. The molecule has 4 heteroatoms. The van der Waals surface area contributed by atoms with Gasteiger partial charge in [0.25, 0.3) is 0 Å². The highest BCUT2D eigenvalue weighted by Gasteiger charge is 2.56. The van der Waals surface area contributed by atoms with E-state index in [9.17, 15) is 8.78 Å². The van der Waals surface area contributed by atoms with Crippen LogP contribution < -0.4 is 0 Å². The van der Waals surface area contributed by atoms with Crippen LogP contribution in [0.25, 0.3) is 0 Å². The van der Waals surface area contributed by atoms with Gasteiger partial charge in [0.15, 0.2) is 6.17 Å². The van der Waals surface area contributed by atoms with Crippen LogP contribution in [-0.2, 0) is 0 Å². The van der Waals surface area contributed by atoms with Gasteiger partial charge in [0.2, 0.25) is 0 Å². The van der Waals surface area contributed by atoms with Crippen LogP contribution in [0.15, 0.2) is 0 Å². The number of hydrogen-bond donors (Lipinski definition) is 1. The Bertz CT molecular complexity index is 186. The number of halogens is 2. The zero-order valence-electron chi connectivity index (χ0n) is 6.84. The molecule has 1 N–H and O–H groups in total. The Morgan fingerprint density at radius 2 is 2.25 bits per heavy atom. The summed E-state index contributed by atoms with van der Waals surface area (Å²) in [7, 11) is 0. The summed E-state index contributed by atoms with van der Waals surface area (Å²) in [6.07, 6.45) is -1.44. The SMILES string of the molecule is OC[C@]12CCCN1C[C@@H](F)[C@H]2F. The Morgan fingerprint density at radius 3 is 2.83 bits per heavy atom. The van der Waals surface area contributed by atoms with Gasteiger partial charge in [0.05, 0.1) is 12.1 Å². The van der Waals surface area contributed by atoms with Gasteiger partial charge in [-0.3, -0.25) is 4.90 Å². The molecule has 70 valence electrons. The molecule has 2 aliphatic rings. The molecule has 2 heterocycles. The molecule has 12 heavy (non-hydrogen) atoms. The van der Waals surface area contributed by atoms with Crippen molar-refractivity contribution in [2.75, 3.05) is 19.7 Å². The number of alkyl halides is 2. The lowest BCUT2D eigenvalue weighted by molar-refractivity contribution is 0.0408. The first kappa shape index (κ1) is 8.38. The minimum atomic E-state index is -1.50. The maximum Gasteiger partial charge on any atom is 0.153 e. The second-order valence-corrected chi connectivity index (χ2v) is 3.73. The summed E-state index contributed by atoms with van der Waals surface area (Å²) in [5, 5.41) is 9.07. The van der Waals surface area contributed by atoms with E-state index in [0.717, 1.165) is 13.0 Å². The van der Waals surface area contributed by atoms with Crippen LogP contribution in [0.2, 0.25) is 0 Å². The fraction of sp³-hybridized carbons (Fsp3) is 1.00. The summed E-state index contributed by atoms with van der Waals surface area (Å²) in [6, 6.07) is 0. The average Bonchev–Trinajstić information content (AvgIpc) is 2.55. The Morgan fingerprint density at radius 1 is 1.50 bits per heavy atom. The highest BCUT2D eigenvalue weighted by atomic mass is 19.2. The minimum Gasteiger partial charge on any atom is -0.394 e. The van der Waals surface area contributed by atoms with Crippen LogP contribution >= 0.6 is 0 Å². The molecule has 2 saturated heterocycles. The largest absolute Gasteiger partial charge is 0.394 e. The summed E-state index contributed by atoms with van der Waals surface area (Å²) >= 11 is 0. The van der Waals surface area contributed by atoms with Gasteiger partial charge in [-0.05, 0) is 19.4 Å². The van der Waals surface area contributed by atoms with E-state index in [4.69, 9.17) is 5.11 Å². The van der Waals surface area contributed by atoms with Crippen molar-refractivity contribution in [1.29, 1.82) is 0 Å². The van der Waals surface area contributed by atoms with Gasteiger partial charge >= 0.3 is 0 Å². The van der Waals surface area contributed by atoms with Crippen molar-refractivity contribution in [3.8, 4) is 0 Å². The summed E-state index contributed by atoms with van der Waals surface area (Å²) in [5.74, 6) is 0. The fourth-order valence-corrected chi connectivity index (χ4v) is 2.45. The van der Waals surface area contributed by atoms with Crippen LogP contribution in [0.5, 0.6) is 0 Å². The molecule has 0 amide bonds. The molecular weight excluding hydrogens is 164 g/mol. The van der Waals surface area contributed by atoms with Gasteiger partial charge in [-0.25, -0.2) is 8.78 Å². The van der Waals surface area contributed by atoms with Crippen molar-refractivity contribution in [3.63, 3.8) is 0 Å². The predicted octanol–water partition coefficient (Wildman–Crippen LogP) is 0.503. The molecule has 0 radical (unpaired) electrons. The number of hydrogen-bond acceptors (Lipinski definition) is 2. The lowest BCUT2D eigenvalue weighted by atomic mass is 9.93. The second-order valence-electron chi connectivity index (χ2n) is 3.73. The van der Waals surface area contributed by atoms with Crippen LogP contribution in [0, 0.1) is 0 Å². The molecule has 0 spiro atoms. The molecule has 0 aliphatic carbocycles. The number of fused-ring (bicyclic) bond motifs is 1. The van der Waals surface area contributed by atoms with Crippen molar-refractivity contribution in [2.45, 2.75) is 30.7 Å². The maximum absolute atomic E-state index is 13.4. The number of aliphatic hydroxyl groups is 1. The Labute approximate surface area is 70.2 Å². The number of nitrogens with zero attached hydrogens (tertiary/aromatic N) is 1. The van der Waals surface area contributed by atoms with Crippen LogP contribution in [-0.4, -0.2) is 47.6 Å². The van der Waals surface area contributed by atoms with Gasteiger partial charge in [-0.2, -0.15) is 0 Å². The van der Waals surface area contributed by atoms with E-state index >= 15 is 0 Å².